The quantitative estimate of drug-likeness (QED) is 0.795. The van der Waals surface area contributed by atoms with Crippen molar-refractivity contribution >= 4 is 17.9 Å². The lowest BCUT2D eigenvalue weighted by atomic mass is 10.1. The van der Waals surface area contributed by atoms with E-state index in [0.717, 1.165) is 22.6 Å². The van der Waals surface area contributed by atoms with Crippen LogP contribution >= 0.6 is 0 Å². The average Bonchev–Trinajstić information content (AvgIpc) is 2.84. The third kappa shape index (κ3) is 5.84. The number of hydrogen-bond donors (Lipinski definition) is 2. The molecule has 1 aromatic heterocycles. The second kappa shape index (κ2) is 8.25. The van der Waals surface area contributed by atoms with Gasteiger partial charge in [-0.1, -0.05) is 17.7 Å². The predicted octanol–water partition coefficient (Wildman–Crippen LogP) is 3.45. The third-order valence-electron chi connectivity index (χ3n) is 4.11. The first-order chi connectivity index (χ1) is 12.6. The third-order valence-corrected chi connectivity index (χ3v) is 4.11. The molecule has 1 aromatic carbocycles. The molecule has 0 fully saturated rings. The number of benzene rings is 1. The highest BCUT2D eigenvalue weighted by Crippen LogP contribution is 2.22. The van der Waals surface area contributed by atoms with Crippen LogP contribution in [0.1, 0.15) is 43.3 Å². The average molecular weight is 367 g/mol. The molecule has 144 valence electrons. The Hall–Kier alpha value is -2.82. The molecular formula is C22H29N3O2. The van der Waals surface area contributed by atoms with Crippen molar-refractivity contribution in [1.82, 2.24) is 15.2 Å². The topological polar surface area (TPSA) is 63.1 Å². The van der Waals surface area contributed by atoms with Gasteiger partial charge in [0.1, 0.15) is 0 Å². The minimum atomic E-state index is -0.314. The molecule has 0 aliphatic carbocycles. The maximum absolute atomic E-state index is 12.0. The Kier molecular flexibility index (Phi) is 6.26. The molecule has 0 saturated heterocycles. The Morgan fingerprint density at radius 3 is 2.30 bits per heavy atom. The van der Waals surface area contributed by atoms with E-state index in [4.69, 9.17) is 0 Å². The monoisotopic (exact) mass is 367 g/mol. The normalized spacial score (nSPS) is 11.6. The maximum atomic E-state index is 12.0. The van der Waals surface area contributed by atoms with Crippen LogP contribution in [0.2, 0.25) is 0 Å². The largest absolute Gasteiger partial charge is 0.350 e. The molecule has 1 heterocycles. The molecule has 0 bridgehead atoms. The van der Waals surface area contributed by atoms with E-state index in [1.807, 2.05) is 40.7 Å². The zero-order chi connectivity index (χ0) is 20.2. The van der Waals surface area contributed by atoms with Crippen molar-refractivity contribution in [2.24, 2.45) is 0 Å². The summed E-state index contributed by atoms with van der Waals surface area (Å²) in [5, 5.41) is 5.42. The minimum absolute atomic E-state index is 0.0389. The summed E-state index contributed by atoms with van der Waals surface area (Å²) in [6.45, 7) is 11.8. The van der Waals surface area contributed by atoms with Gasteiger partial charge in [0, 0.05) is 28.7 Å². The van der Waals surface area contributed by atoms with Crippen LogP contribution in [-0.4, -0.2) is 28.5 Å². The zero-order valence-corrected chi connectivity index (χ0v) is 17.0. The van der Waals surface area contributed by atoms with Gasteiger partial charge in [-0.05, 0) is 71.4 Å². The van der Waals surface area contributed by atoms with Crippen LogP contribution in [0, 0.1) is 20.8 Å². The molecule has 0 radical (unpaired) electrons. The molecule has 0 aliphatic heterocycles. The van der Waals surface area contributed by atoms with Crippen molar-refractivity contribution in [2.75, 3.05) is 6.54 Å². The van der Waals surface area contributed by atoms with Gasteiger partial charge in [0.15, 0.2) is 0 Å². The summed E-state index contributed by atoms with van der Waals surface area (Å²) >= 11 is 0. The number of carbonyl (C=O) groups excluding carboxylic acids is 2. The highest BCUT2D eigenvalue weighted by molar-refractivity contribution is 5.94. The Morgan fingerprint density at radius 2 is 1.70 bits per heavy atom. The van der Waals surface area contributed by atoms with Gasteiger partial charge in [-0.25, -0.2) is 0 Å². The van der Waals surface area contributed by atoms with Crippen LogP contribution in [0.15, 0.2) is 36.4 Å². The molecule has 0 atom stereocenters. The summed E-state index contributed by atoms with van der Waals surface area (Å²) < 4.78 is 2.16. The van der Waals surface area contributed by atoms with Gasteiger partial charge in [0.05, 0.1) is 6.54 Å². The van der Waals surface area contributed by atoms with Gasteiger partial charge in [-0.15, -0.1) is 0 Å². The highest BCUT2D eigenvalue weighted by Gasteiger charge is 2.14. The van der Waals surface area contributed by atoms with Crippen LogP contribution in [-0.2, 0) is 9.59 Å². The first-order valence-electron chi connectivity index (χ1n) is 9.10. The maximum Gasteiger partial charge on any atom is 0.244 e. The van der Waals surface area contributed by atoms with Crippen molar-refractivity contribution in [3.8, 4) is 5.69 Å². The summed E-state index contributed by atoms with van der Waals surface area (Å²) in [4.78, 5) is 23.8. The van der Waals surface area contributed by atoms with Crippen LogP contribution < -0.4 is 10.6 Å². The number of nitrogens with zero attached hydrogens (tertiary/aromatic N) is 1. The van der Waals surface area contributed by atoms with Crippen molar-refractivity contribution in [1.29, 1.82) is 0 Å². The molecule has 0 unspecified atom stereocenters. The lowest BCUT2D eigenvalue weighted by Crippen LogP contribution is -2.45. The van der Waals surface area contributed by atoms with Gasteiger partial charge in [0.2, 0.25) is 11.8 Å². The van der Waals surface area contributed by atoms with Gasteiger partial charge in [0.25, 0.3) is 0 Å². The summed E-state index contributed by atoms with van der Waals surface area (Å²) in [7, 11) is 0. The standard InChI is InChI=1S/C22H29N3O2/c1-15-7-10-19(11-8-15)25-16(2)13-18(17(25)3)9-12-20(26)23-14-21(27)24-22(4,5)6/h7-13H,14H2,1-6H3,(H,23,26)(H,24,27)/b12-9+. The molecular weight excluding hydrogens is 338 g/mol. The smallest absolute Gasteiger partial charge is 0.244 e. The molecule has 5 heteroatoms. The molecule has 2 N–H and O–H groups in total. The number of rotatable bonds is 5. The van der Waals surface area contributed by atoms with E-state index < -0.39 is 0 Å². The van der Waals surface area contributed by atoms with E-state index >= 15 is 0 Å². The minimum Gasteiger partial charge on any atom is -0.350 e. The Bertz CT molecular complexity index is 853. The highest BCUT2D eigenvalue weighted by atomic mass is 16.2. The molecule has 2 rings (SSSR count). The van der Waals surface area contributed by atoms with E-state index in [2.05, 4.69) is 46.4 Å². The summed E-state index contributed by atoms with van der Waals surface area (Å²) in [6, 6.07) is 10.4. The Morgan fingerprint density at radius 1 is 1.07 bits per heavy atom. The molecule has 0 aliphatic rings. The van der Waals surface area contributed by atoms with Gasteiger partial charge in [-0.2, -0.15) is 0 Å². The van der Waals surface area contributed by atoms with Crippen LogP contribution in [0.5, 0.6) is 0 Å². The molecule has 5 nitrogen and oxygen atoms in total. The molecule has 27 heavy (non-hydrogen) atoms. The van der Waals surface area contributed by atoms with Crippen LogP contribution in [0.4, 0.5) is 0 Å². The van der Waals surface area contributed by atoms with Crippen molar-refractivity contribution in [3.05, 3.63) is 58.9 Å². The van der Waals surface area contributed by atoms with E-state index in [-0.39, 0.29) is 23.9 Å². The molecule has 0 spiro atoms. The predicted molar refractivity (Wildman–Crippen MR) is 110 cm³/mol. The first-order valence-corrected chi connectivity index (χ1v) is 9.10. The van der Waals surface area contributed by atoms with E-state index in [1.165, 1.54) is 11.6 Å². The number of carbonyl (C=O) groups is 2. The van der Waals surface area contributed by atoms with Crippen molar-refractivity contribution in [3.63, 3.8) is 0 Å². The van der Waals surface area contributed by atoms with Crippen molar-refractivity contribution in [2.45, 2.75) is 47.1 Å². The molecule has 2 aromatic rings. The number of nitrogens with one attached hydrogen (secondary N) is 2. The van der Waals surface area contributed by atoms with Gasteiger partial charge in [-0.3, -0.25) is 9.59 Å². The van der Waals surface area contributed by atoms with Gasteiger partial charge < -0.3 is 15.2 Å². The summed E-state index contributed by atoms with van der Waals surface area (Å²) in [5.74, 6) is -0.499. The second-order valence-corrected chi connectivity index (χ2v) is 7.85. The van der Waals surface area contributed by atoms with E-state index in [1.54, 1.807) is 6.08 Å². The molecule has 2 amide bonds. The van der Waals surface area contributed by atoms with Crippen LogP contribution in [0.3, 0.4) is 0 Å². The lowest BCUT2D eigenvalue weighted by Gasteiger charge is -2.20. The zero-order valence-electron chi connectivity index (χ0n) is 17.0. The summed E-state index contributed by atoms with van der Waals surface area (Å²) in [6.07, 6.45) is 3.25. The summed E-state index contributed by atoms with van der Waals surface area (Å²) in [5.41, 5.74) is 5.13. The number of aryl methyl sites for hydroxylation is 2. The fourth-order valence-electron chi connectivity index (χ4n) is 2.90. The van der Waals surface area contributed by atoms with E-state index in [0.29, 0.717) is 0 Å². The molecule has 0 saturated carbocycles. The first kappa shape index (κ1) is 20.5. The van der Waals surface area contributed by atoms with Crippen LogP contribution in [0.25, 0.3) is 11.8 Å². The second-order valence-electron chi connectivity index (χ2n) is 7.85. The number of aromatic nitrogens is 1. The Labute approximate surface area is 161 Å². The fourth-order valence-corrected chi connectivity index (χ4v) is 2.90. The number of hydrogen-bond acceptors (Lipinski definition) is 2. The Balaban J connectivity index is 2.05. The van der Waals surface area contributed by atoms with E-state index in [9.17, 15) is 9.59 Å². The van der Waals surface area contributed by atoms with Crippen molar-refractivity contribution < 1.29 is 9.59 Å². The number of amides is 2. The lowest BCUT2D eigenvalue weighted by molar-refractivity contribution is -0.124. The SMILES string of the molecule is Cc1ccc(-n2c(C)cc(/C=C/C(=O)NCC(=O)NC(C)(C)C)c2C)cc1. The van der Waals surface area contributed by atoms with Gasteiger partial charge >= 0.3 is 0 Å². The fraction of sp³-hybridized carbons (Fsp3) is 0.364.